The molecule has 3 aromatic rings. The van der Waals surface area contributed by atoms with Crippen LogP contribution in [0.4, 0.5) is 5.95 Å². The van der Waals surface area contributed by atoms with Crippen molar-refractivity contribution >= 4 is 28.7 Å². The van der Waals surface area contributed by atoms with Crippen molar-refractivity contribution < 1.29 is 0 Å². The Morgan fingerprint density at radius 3 is 2.71 bits per heavy atom. The first-order chi connectivity index (χ1) is 9.97. The van der Waals surface area contributed by atoms with Crippen LogP contribution < -0.4 is 5.73 Å². The number of anilines is 1. The maximum absolute atomic E-state index is 5.99. The van der Waals surface area contributed by atoms with Crippen molar-refractivity contribution in [2.75, 3.05) is 5.73 Å². The Labute approximate surface area is 126 Å². The number of nitrogen functional groups attached to an aromatic ring is 1. The second kappa shape index (κ2) is 4.92. The molecule has 0 bridgehead atoms. The van der Waals surface area contributed by atoms with Gasteiger partial charge < -0.3 is 5.73 Å². The molecule has 0 aliphatic rings. The van der Waals surface area contributed by atoms with Crippen molar-refractivity contribution in [3.63, 3.8) is 0 Å². The van der Waals surface area contributed by atoms with Crippen LogP contribution in [0.5, 0.6) is 0 Å². The van der Waals surface area contributed by atoms with Crippen molar-refractivity contribution in [2.24, 2.45) is 0 Å². The Morgan fingerprint density at radius 1 is 1.19 bits per heavy atom. The molecule has 0 fully saturated rings. The molecule has 0 aliphatic heterocycles. The summed E-state index contributed by atoms with van der Waals surface area (Å²) >= 11 is 5.99. The van der Waals surface area contributed by atoms with Gasteiger partial charge in [-0.2, -0.15) is 9.97 Å². The highest BCUT2D eigenvalue weighted by atomic mass is 35.5. The van der Waals surface area contributed by atoms with Gasteiger partial charge in [0.25, 0.3) is 0 Å². The van der Waals surface area contributed by atoms with E-state index in [-0.39, 0.29) is 11.1 Å². The zero-order chi connectivity index (χ0) is 15.1. The zero-order valence-corrected chi connectivity index (χ0v) is 12.7. The first-order valence-electron chi connectivity index (χ1n) is 6.41. The van der Waals surface area contributed by atoms with E-state index < -0.39 is 0 Å². The summed E-state index contributed by atoms with van der Waals surface area (Å²) in [5.41, 5.74) is 11.0. The number of aromatic nitrogens is 6. The lowest BCUT2D eigenvalue weighted by atomic mass is 10.1. The fourth-order valence-electron chi connectivity index (χ4n) is 2.13. The minimum absolute atomic E-state index is 0.0980. The van der Waals surface area contributed by atoms with Gasteiger partial charge in [0.15, 0.2) is 16.3 Å². The molecule has 0 atom stereocenters. The fourth-order valence-corrected chi connectivity index (χ4v) is 2.34. The zero-order valence-electron chi connectivity index (χ0n) is 11.9. The molecule has 0 aliphatic carbocycles. The Hall–Kier alpha value is -2.28. The van der Waals surface area contributed by atoms with E-state index >= 15 is 0 Å². The molecule has 0 saturated heterocycles. The van der Waals surface area contributed by atoms with Gasteiger partial charge in [0.2, 0.25) is 5.95 Å². The van der Waals surface area contributed by atoms with E-state index in [9.17, 15) is 0 Å². The predicted octanol–water partition coefficient (Wildman–Crippen LogP) is 1.83. The molecule has 21 heavy (non-hydrogen) atoms. The van der Waals surface area contributed by atoms with E-state index in [0.717, 1.165) is 16.8 Å². The molecule has 0 saturated carbocycles. The van der Waals surface area contributed by atoms with E-state index in [4.69, 9.17) is 17.3 Å². The summed E-state index contributed by atoms with van der Waals surface area (Å²) in [6.07, 6.45) is 1.85. The summed E-state index contributed by atoms with van der Waals surface area (Å²) in [6.45, 7) is 6.61. The number of hydrogen-bond acceptors (Lipinski definition) is 6. The van der Waals surface area contributed by atoms with Crippen molar-refractivity contribution in [3.8, 4) is 0 Å². The molecule has 0 unspecified atom stereocenters. The summed E-state index contributed by atoms with van der Waals surface area (Å²) in [5.74, 6) is 0.0980. The highest BCUT2D eigenvalue weighted by Gasteiger charge is 2.14. The molecular formula is C13H14ClN7. The van der Waals surface area contributed by atoms with Crippen LogP contribution in [-0.2, 0) is 6.54 Å². The van der Waals surface area contributed by atoms with Crippen LogP contribution in [0.1, 0.15) is 22.4 Å². The minimum atomic E-state index is 0.0980. The fraction of sp³-hybridized carbons (Fsp3) is 0.308. The van der Waals surface area contributed by atoms with Gasteiger partial charge in [-0.15, -0.1) is 5.10 Å². The number of halogens is 1. The van der Waals surface area contributed by atoms with Crippen molar-refractivity contribution in [2.45, 2.75) is 27.3 Å². The van der Waals surface area contributed by atoms with Crippen molar-refractivity contribution in [1.29, 1.82) is 0 Å². The second-order valence-corrected chi connectivity index (χ2v) is 5.29. The average molecular weight is 304 g/mol. The number of nitrogens with zero attached hydrogens (tertiary/aromatic N) is 6. The van der Waals surface area contributed by atoms with Gasteiger partial charge in [0, 0.05) is 6.20 Å². The smallest absolute Gasteiger partial charge is 0.223 e. The lowest BCUT2D eigenvalue weighted by molar-refractivity contribution is 0.649. The SMILES string of the molecule is Cc1cnc(Cn2nnc3c(Cl)nc(N)nc32)c(C)c1C. The molecule has 2 N–H and O–H groups in total. The quantitative estimate of drug-likeness (QED) is 0.726. The molecular weight excluding hydrogens is 290 g/mol. The summed E-state index contributed by atoms with van der Waals surface area (Å²) in [5, 5.41) is 8.27. The largest absolute Gasteiger partial charge is 0.368 e. The maximum Gasteiger partial charge on any atom is 0.223 e. The van der Waals surface area contributed by atoms with Crippen LogP contribution in [0, 0.1) is 20.8 Å². The predicted molar refractivity (Wildman–Crippen MR) is 80.1 cm³/mol. The third-order valence-corrected chi connectivity index (χ3v) is 3.90. The molecule has 8 heteroatoms. The van der Waals surface area contributed by atoms with Crippen LogP contribution in [-0.4, -0.2) is 29.9 Å². The monoisotopic (exact) mass is 303 g/mol. The number of pyridine rings is 1. The van der Waals surface area contributed by atoms with Crippen molar-refractivity contribution in [1.82, 2.24) is 29.9 Å². The third kappa shape index (κ3) is 2.29. The molecule has 0 spiro atoms. The van der Waals surface area contributed by atoms with Gasteiger partial charge in [0.1, 0.15) is 0 Å². The maximum atomic E-state index is 5.99. The van der Waals surface area contributed by atoms with Gasteiger partial charge >= 0.3 is 0 Å². The lowest BCUT2D eigenvalue weighted by Gasteiger charge is -2.10. The standard InChI is InChI=1S/C13H14ClN7/c1-6-4-16-9(8(3)7(6)2)5-21-12-10(19-20-21)11(14)17-13(15)18-12/h4H,5H2,1-3H3,(H2,15,17,18). The molecule has 108 valence electrons. The molecule has 7 nitrogen and oxygen atoms in total. The molecule has 3 heterocycles. The van der Waals surface area contributed by atoms with E-state index in [2.05, 4.69) is 32.2 Å². The Balaban J connectivity index is 2.09. The summed E-state index contributed by atoms with van der Waals surface area (Å²) < 4.78 is 1.63. The van der Waals surface area contributed by atoms with Gasteiger partial charge in [-0.05, 0) is 37.5 Å². The first-order valence-corrected chi connectivity index (χ1v) is 6.79. The van der Waals surface area contributed by atoms with Gasteiger partial charge in [0.05, 0.1) is 12.2 Å². The topological polar surface area (TPSA) is 95.4 Å². The van der Waals surface area contributed by atoms with E-state index in [0.29, 0.717) is 17.7 Å². The molecule has 0 aromatic carbocycles. The highest BCUT2D eigenvalue weighted by Crippen LogP contribution is 2.20. The van der Waals surface area contributed by atoms with Crippen LogP contribution in [0.25, 0.3) is 11.2 Å². The first kappa shape index (κ1) is 13.7. The number of hydrogen-bond donors (Lipinski definition) is 1. The summed E-state index contributed by atoms with van der Waals surface area (Å²) in [6, 6.07) is 0. The summed E-state index contributed by atoms with van der Waals surface area (Å²) in [7, 11) is 0. The van der Waals surface area contributed by atoms with Gasteiger partial charge in [-0.25, -0.2) is 4.68 Å². The Bertz CT molecular complexity index is 840. The van der Waals surface area contributed by atoms with Gasteiger partial charge in [-0.1, -0.05) is 16.8 Å². The average Bonchev–Trinajstić information content (AvgIpc) is 2.83. The van der Waals surface area contributed by atoms with E-state index in [1.54, 1.807) is 4.68 Å². The molecule has 3 rings (SSSR count). The highest BCUT2D eigenvalue weighted by molar-refractivity contribution is 6.33. The molecule has 0 radical (unpaired) electrons. The molecule has 3 aromatic heterocycles. The van der Waals surface area contributed by atoms with Crippen LogP contribution >= 0.6 is 11.6 Å². The van der Waals surface area contributed by atoms with Crippen molar-refractivity contribution in [3.05, 3.63) is 33.7 Å². The molecule has 0 amide bonds. The third-order valence-electron chi connectivity index (χ3n) is 3.64. The van der Waals surface area contributed by atoms with Crippen LogP contribution in [0.2, 0.25) is 5.15 Å². The lowest BCUT2D eigenvalue weighted by Crippen LogP contribution is -2.08. The number of fused-ring (bicyclic) bond motifs is 1. The van der Waals surface area contributed by atoms with E-state index in [1.807, 2.05) is 20.0 Å². The number of aryl methyl sites for hydroxylation is 1. The van der Waals surface area contributed by atoms with Crippen LogP contribution in [0.15, 0.2) is 6.20 Å². The Kier molecular flexibility index (Phi) is 3.21. The van der Waals surface area contributed by atoms with Crippen LogP contribution in [0.3, 0.4) is 0 Å². The summed E-state index contributed by atoms with van der Waals surface area (Å²) in [4.78, 5) is 12.5. The minimum Gasteiger partial charge on any atom is -0.368 e. The number of rotatable bonds is 2. The second-order valence-electron chi connectivity index (χ2n) is 4.93. The Morgan fingerprint density at radius 2 is 1.95 bits per heavy atom. The van der Waals surface area contributed by atoms with Gasteiger partial charge in [-0.3, -0.25) is 4.98 Å². The normalized spacial score (nSPS) is 11.2. The number of nitrogens with two attached hydrogens (primary N) is 1. The van der Waals surface area contributed by atoms with E-state index in [1.165, 1.54) is 5.56 Å².